The van der Waals surface area contributed by atoms with Crippen molar-refractivity contribution in [2.24, 2.45) is 0 Å². The van der Waals surface area contributed by atoms with Crippen LogP contribution < -0.4 is 15.5 Å². The van der Waals surface area contributed by atoms with Gasteiger partial charge in [0.2, 0.25) is 0 Å². The fraction of sp³-hybridized carbons (Fsp3) is 0.500. The average molecular weight is 485 g/mol. The molecule has 0 bridgehead atoms. The van der Waals surface area contributed by atoms with E-state index in [2.05, 4.69) is 25.5 Å². The van der Waals surface area contributed by atoms with E-state index < -0.39 is 6.09 Å². The van der Waals surface area contributed by atoms with Gasteiger partial charge in [0.05, 0.1) is 24.5 Å². The normalized spacial score (nSPS) is 21.4. The Morgan fingerprint density at radius 2 is 2.03 bits per heavy atom. The Kier molecular flexibility index (Phi) is 6.87. The van der Waals surface area contributed by atoms with Crippen molar-refractivity contribution < 1.29 is 13.9 Å². The summed E-state index contributed by atoms with van der Waals surface area (Å²) in [5.41, 5.74) is 2.18. The number of hydrogen-bond acceptors (Lipinski definition) is 6. The number of benzene rings is 1. The molecule has 180 valence electrons. The maximum absolute atomic E-state index is 15.1. The van der Waals surface area contributed by atoms with Crippen LogP contribution in [0.4, 0.5) is 14.9 Å². The van der Waals surface area contributed by atoms with Gasteiger partial charge < -0.3 is 15.4 Å². The van der Waals surface area contributed by atoms with Crippen LogP contribution in [0, 0.1) is 5.82 Å². The molecule has 2 aromatic rings. The van der Waals surface area contributed by atoms with Gasteiger partial charge in [-0.05, 0) is 74.6 Å². The zero-order valence-electron chi connectivity index (χ0n) is 19.0. The molecular formula is C24H29FN6O2S. The fourth-order valence-corrected chi connectivity index (χ4v) is 4.82. The number of carbonyl (C=O) groups is 1. The molecule has 1 aliphatic carbocycles. The van der Waals surface area contributed by atoms with E-state index in [0.717, 1.165) is 51.0 Å². The molecule has 8 nitrogen and oxygen atoms in total. The van der Waals surface area contributed by atoms with Gasteiger partial charge >= 0.3 is 6.09 Å². The topological polar surface area (TPSA) is 82.6 Å². The summed E-state index contributed by atoms with van der Waals surface area (Å²) in [5, 5.41) is 6.88. The maximum atomic E-state index is 15.1. The lowest BCUT2D eigenvalue weighted by molar-refractivity contribution is 0.143. The predicted octanol–water partition coefficient (Wildman–Crippen LogP) is 2.95. The number of hydrogen-bond donors (Lipinski definition) is 2. The Bertz CT molecular complexity index is 1030. The Morgan fingerprint density at radius 1 is 1.21 bits per heavy atom. The number of piperidine rings is 1. The van der Waals surface area contributed by atoms with Crippen molar-refractivity contribution >= 4 is 29.1 Å². The largest absolute Gasteiger partial charge is 0.442 e. The number of ether oxygens (including phenoxy) is 1. The molecule has 10 heteroatoms. The number of likely N-dealkylation sites (tertiary alicyclic amines) is 1. The SMILES string of the molecule is O=C1O[C@@H](CNC(=S)NC2CC2)CN1c1ccc(C2CCN(Cc3cnccn3)CC2)c(F)c1. The molecular weight excluding hydrogens is 455 g/mol. The highest BCUT2D eigenvalue weighted by atomic mass is 32.1. The summed E-state index contributed by atoms with van der Waals surface area (Å²) in [4.78, 5) is 24.7. The van der Waals surface area contributed by atoms with E-state index in [9.17, 15) is 4.79 Å². The minimum absolute atomic E-state index is 0.162. The predicted molar refractivity (Wildman–Crippen MR) is 130 cm³/mol. The van der Waals surface area contributed by atoms with Crippen molar-refractivity contribution in [3.63, 3.8) is 0 Å². The first-order chi connectivity index (χ1) is 16.5. The molecule has 2 aliphatic heterocycles. The summed E-state index contributed by atoms with van der Waals surface area (Å²) in [6, 6.07) is 5.56. The molecule has 2 saturated heterocycles. The number of anilines is 1. The van der Waals surface area contributed by atoms with Gasteiger partial charge in [-0.3, -0.25) is 19.8 Å². The molecule has 1 amide bonds. The number of aromatic nitrogens is 2. The molecule has 1 aromatic carbocycles. The number of thiocarbonyl (C=S) groups is 1. The molecule has 3 aliphatic rings. The minimum atomic E-state index is -0.461. The monoisotopic (exact) mass is 484 g/mol. The van der Waals surface area contributed by atoms with E-state index in [1.165, 1.54) is 11.0 Å². The van der Waals surface area contributed by atoms with Crippen molar-refractivity contribution in [1.82, 2.24) is 25.5 Å². The molecule has 1 atom stereocenters. The first-order valence-electron chi connectivity index (χ1n) is 11.8. The third-order valence-corrected chi connectivity index (χ3v) is 6.86. The summed E-state index contributed by atoms with van der Waals surface area (Å²) >= 11 is 5.26. The standard InChI is InChI=1S/C24H29FN6O2S/c25-22-11-19(31-15-20(33-24(31)32)13-28-23(34)29-17-1-2-17)3-4-21(22)16-5-9-30(10-6-16)14-18-12-26-7-8-27-18/h3-4,7-8,11-12,16-17,20H,1-2,5-6,9-10,13-15H2,(H2,28,29,34)/t20-/m0/s1. The van der Waals surface area contributed by atoms with Crippen LogP contribution >= 0.6 is 12.2 Å². The second-order valence-corrected chi connectivity index (χ2v) is 9.61. The van der Waals surface area contributed by atoms with Crippen LogP contribution in [0.15, 0.2) is 36.8 Å². The molecule has 0 spiro atoms. The molecule has 34 heavy (non-hydrogen) atoms. The fourth-order valence-electron chi connectivity index (χ4n) is 4.57. The lowest BCUT2D eigenvalue weighted by Crippen LogP contribution is -2.41. The average Bonchev–Trinajstić information content (AvgIpc) is 3.58. The number of rotatable bonds is 7. The Balaban J connectivity index is 1.14. The molecule has 3 fully saturated rings. The first kappa shape index (κ1) is 22.9. The van der Waals surface area contributed by atoms with Gasteiger partial charge in [-0.15, -0.1) is 0 Å². The van der Waals surface area contributed by atoms with Crippen molar-refractivity contribution in [2.45, 2.75) is 50.3 Å². The Hall–Kier alpha value is -2.85. The van der Waals surface area contributed by atoms with E-state index in [-0.39, 0.29) is 17.8 Å². The lowest BCUT2D eigenvalue weighted by Gasteiger charge is -2.32. The minimum Gasteiger partial charge on any atom is -0.442 e. The number of cyclic esters (lactones) is 1. The van der Waals surface area contributed by atoms with E-state index >= 15 is 4.39 Å². The van der Waals surface area contributed by atoms with Crippen LogP contribution in [0.1, 0.15) is 42.9 Å². The number of halogens is 1. The zero-order chi connectivity index (χ0) is 23.5. The second-order valence-electron chi connectivity index (χ2n) is 9.20. The molecule has 0 unspecified atom stereocenters. The van der Waals surface area contributed by atoms with Crippen LogP contribution in [0.5, 0.6) is 0 Å². The smallest absolute Gasteiger partial charge is 0.414 e. The van der Waals surface area contributed by atoms with Gasteiger partial charge in [0, 0.05) is 31.2 Å². The number of nitrogens with one attached hydrogen (secondary N) is 2. The van der Waals surface area contributed by atoms with Crippen molar-refractivity contribution in [3.05, 3.63) is 53.9 Å². The summed E-state index contributed by atoms with van der Waals surface area (Å²) in [6.07, 6.45) is 8.39. The van der Waals surface area contributed by atoms with Gasteiger partial charge in [-0.1, -0.05) is 6.07 Å². The quantitative estimate of drug-likeness (QED) is 0.581. The molecule has 3 heterocycles. The van der Waals surface area contributed by atoms with Crippen molar-refractivity contribution in [3.8, 4) is 0 Å². The van der Waals surface area contributed by atoms with Crippen molar-refractivity contribution in [2.75, 3.05) is 31.1 Å². The number of amides is 1. The summed E-state index contributed by atoms with van der Waals surface area (Å²) in [6.45, 7) is 3.31. The van der Waals surface area contributed by atoms with E-state index in [1.54, 1.807) is 18.6 Å². The Labute approximate surface area is 203 Å². The molecule has 0 radical (unpaired) electrons. The van der Waals surface area contributed by atoms with Crippen LogP contribution in [-0.4, -0.2) is 64.4 Å². The first-order valence-corrected chi connectivity index (χ1v) is 12.2. The molecule has 1 aromatic heterocycles. The Morgan fingerprint density at radius 3 is 2.74 bits per heavy atom. The molecule has 1 saturated carbocycles. The van der Waals surface area contributed by atoms with E-state index in [1.807, 2.05) is 12.1 Å². The van der Waals surface area contributed by atoms with Gasteiger partial charge in [-0.25, -0.2) is 9.18 Å². The molecule has 5 rings (SSSR count). The van der Waals surface area contributed by atoms with E-state index in [4.69, 9.17) is 17.0 Å². The van der Waals surface area contributed by atoms with Crippen LogP contribution in [0.25, 0.3) is 0 Å². The number of carbonyl (C=O) groups excluding carboxylic acids is 1. The third kappa shape index (κ3) is 5.61. The van der Waals surface area contributed by atoms with Crippen LogP contribution in [-0.2, 0) is 11.3 Å². The lowest BCUT2D eigenvalue weighted by atomic mass is 9.89. The van der Waals surface area contributed by atoms with Crippen LogP contribution in [0.3, 0.4) is 0 Å². The maximum Gasteiger partial charge on any atom is 0.414 e. The zero-order valence-corrected chi connectivity index (χ0v) is 19.8. The van der Waals surface area contributed by atoms with Gasteiger partial charge in [0.1, 0.15) is 11.9 Å². The summed E-state index contributed by atoms with van der Waals surface area (Å²) < 4.78 is 20.5. The van der Waals surface area contributed by atoms with Crippen molar-refractivity contribution in [1.29, 1.82) is 0 Å². The highest BCUT2D eigenvalue weighted by Crippen LogP contribution is 2.33. The van der Waals surface area contributed by atoms with Gasteiger partial charge in [-0.2, -0.15) is 0 Å². The number of nitrogens with zero attached hydrogens (tertiary/aromatic N) is 4. The third-order valence-electron chi connectivity index (χ3n) is 6.60. The van der Waals surface area contributed by atoms with Crippen LogP contribution in [0.2, 0.25) is 0 Å². The highest BCUT2D eigenvalue weighted by molar-refractivity contribution is 7.80. The summed E-state index contributed by atoms with van der Waals surface area (Å²) in [5.74, 6) is -0.108. The van der Waals surface area contributed by atoms with Gasteiger partial charge in [0.15, 0.2) is 5.11 Å². The second kappa shape index (κ2) is 10.2. The molecule has 2 N–H and O–H groups in total. The highest BCUT2D eigenvalue weighted by Gasteiger charge is 2.33. The summed E-state index contributed by atoms with van der Waals surface area (Å²) in [7, 11) is 0. The van der Waals surface area contributed by atoms with Gasteiger partial charge in [0.25, 0.3) is 0 Å². The van der Waals surface area contributed by atoms with E-state index in [0.29, 0.717) is 35.5 Å².